The minimum atomic E-state index is -1.13. The molecule has 6 nitrogen and oxygen atoms in total. The van der Waals surface area contributed by atoms with Gasteiger partial charge in [-0.1, -0.05) is 24.3 Å². The summed E-state index contributed by atoms with van der Waals surface area (Å²) in [6, 6.07) is 12.0. The predicted molar refractivity (Wildman–Crippen MR) is 82.5 cm³/mol. The molecule has 0 heterocycles. The normalized spacial score (nSPS) is 9.86. The van der Waals surface area contributed by atoms with Crippen LogP contribution in [0.1, 0.15) is 27.6 Å². The highest BCUT2D eigenvalue weighted by molar-refractivity contribution is 6.05. The number of hydrogen-bond donors (Lipinski definition) is 3. The Morgan fingerprint density at radius 3 is 2.36 bits per heavy atom. The molecule has 0 atom stereocenters. The van der Waals surface area contributed by atoms with E-state index in [-0.39, 0.29) is 17.0 Å². The number of carbonyl (C=O) groups is 3. The van der Waals surface area contributed by atoms with Crippen LogP contribution in [0.15, 0.2) is 48.5 Å². The molecule has 0 spiro atoms. The van der Waals surface area contributed by atoms with E-state index < -0.39 is 12.0 Å². The van der Waals surface area contributed by atoms with Crippen LogP contribution in [0.3, 0.4) is 0 Å². The maximum atomic E-state index is 11.9. The van der Waals surface area contributed by atoms with Crippen molar-refractivity contribution in [1.82, 2.24) is 0 Å². The summed E-state index contributed by atoms with van der Waals surface area (Å²) in [6.07, 6.45) is 0. The zero-order valence-corrected chi connectivity index (χ0v) is 11.8. The Morgan fingerprint density at radius 2 is 1.68 bits per heavy atom. The van der Waals surface area contributed by atoms with Gasteiger partial charge in [0.25, 0.3) is 0 Å². The Hall–Kier alpha value is -3.15. The molecule has 0 aliphatic carbocycles. The van der Waals surface area contributed by atoms with E-state index >= 15 is 0 Å². The molecule has 6 heteroatoms. The lowest BCUT2D eigenvalue weighted by molar-refractivity contribution is 0.0697. The van der Waals surface area contributed by atoms with Crippen molar-refractivity contribution in [2.24, 2.45) is 0 Å². The Morgan fingerprint density at radius 1 is 0.955 bits per heavy atom. The Kier molecular flexibility index (Phi) is 4.53. The van der Waals surface area contributed by atoms with E-state index in [0.717, 1.165) is 0 Å². The quantitative estimate of drug-likeness (QED) is 0.755. The maximum Gasteiger partial charge on any atom is 0.337 e. The molecule has 0 aliphatic heterocycles. The number of hydrogen-bond acceptors (Lipinski definition) is 3. The number of para-hydroxylation sites is 1. The summed E-state index contributed by atoms with van der Waals surface area (Å²) in [7, 11) is 0. The Balaban J connectivity index is 2.12. The van der Waals surface area contributed by atoms with Crippen LogP contribution in [-0.2, 0) is 0 Å². The number of amides is 2. The maximum absolute atomic E-state index is 11.9. The molecule has 2 rings (SSSR count). The van der Waals surface area contributed by atoms with Gasteiger partial charge >= 0.3 is 12.0 Å². The summed E-state index contributed by atoms with van der Waals surface area (Å²) in [6.45, 7) is 1.43. The Labute approximate surface area is 126 Å². The number of carboxylic acids is 1. The molecule has 0 saturated heterocycles. The number of anilines is 2. The van der Waals surface area contributed by atoms with Crippen molar-refractivity contribution in [3.05, 3.63) is 59.7 Å². The van der Waals surface area contributed by atoms with Gasteiger partial charge in [0, 0.05) is 11.3 Å². The summed E-state index contributed by atoms with van der Waals surface area (Å²) in [5, 5.41) is 14.1. The largest absolute Gasteiger partial charge is 0.478 e. The zero-order chi connectivity index (χ0) is 16.1. The number of rotatable bonds is 4. The van der Waals surface area contributed by atoms with Gasteiger partial charge in [-0.15, -0.1) is 0 Å². The minimum absolute atomic E-state index is 0.00450. The topological polar surface area (TPSA) is 95.5 Å². The third-order valence-corrected chi connectivity index (χ3v) is 2.93. The van der Waals surface area contributed by atoms with E-state index in [9.17, 15) is 14.4 Å². The SMILES string of the molecule is CC(=O)c1cccc(NC(=O)Nc2ccccc2C(=O)O)c1. The van der Waals surface area contributed by atoms with Crippen LogP contribution >= 0.6 is 0 Å². The van der Waals surface area contributed by atoms with E-state index in [0.29, 0.717) is 11.3 Å². The van der Waals surface area contributed by atoms with E-state index in [4.69, 9.17) is 5.11 Å². The van der Waals surface area contributed by atoms with Crippen LogP contribution in [-0.4, -0.2) is 22.9 Å². The molecular formula is C16H14N2O4. The molecule has 0 radical (unpaired) electrons. The van der Waals surface area contributed by atoms with E-state index in [1.165, 1.54) is 19.1 Å². The fraction of sp³-hybridized carbons (Fsp3) is 0.0625. The first-order valence-corrected chi connectivity index (χ1v) is 6.48. The first-order chi connectivity index (χ1) is 10.5. The summed E-state index contributed by atoms with van der Waals surface area (Å²) < 4.78 is 0. The van der Waals surface area contributed by atoms with Crippen molar-refractivity contribution in [2.75, 3.05) is 10.6 Å². The number of aromatic carboxylic acids is 1. The van der Waals surface area contributed by atoms with Crippen LogP contribution in [0.25, 0.3) is 0 Å². The zero-order valence-electron chi connectivity index (χ0n) is 11.8. The monoisotopic (exact) mass is 298 g/mol. The number of benzene rings is 2. The van der Waals surface area contributed by atoms with Gasteiger partial charge in [0.2, 0.25) is 0 Å². The van der Waals surface area contributed by atoms with Gasteiger partial charge in [-0.05, 0) is 31.2 Å². The molecule has 0 unspecified atom stereocenters. The average Bonchev–Trinajstić information content (AvgIpc) is 2.47. The van der Waals surface area contributed by atoms with Gasteiger partial charge in [0.1, 0.15) is 0 Å². The summed E-state index contributed by atoms with van der Waals surface area (Å²) in [5.41, 5.74) is 1.10. The molecule has 0 bridgehead atoms. The van der Waals surface area contributed by atoms with Crippen molar-refractivity contribution in [3.8, 4) is 0 Å². The molecule has 2 amide bonds. The number of nitrogens with one attached hydrogen (secondary N) is 2. The number of Topliss-reactive ketones (excluding diaryl/α,β-unsaturated/α-hetero) is 1. The molecule has 2 aromatic rings. The molecule has 2 aromatic carbocycles. The van der Waals surface area contributed by atoms with Gasteiger partial charge in [-0.2, -0.15) is 0 Å². The highest BCUT2D eigenvalue weighted by atomic mass is 16.4. The first-order valence-electron chi connectivity index (χ1n) is 6.48. The smallest absolute Gasteiger partial charge is 0.337 e. The van der Waals surface area contributed by atoms with Gasteiger partial charge in [0.05, 0.1) is 11.3 Å². The molecule has 0 fully saturated rings. The second-order valence-corrected chi connectivity index (χ2v) is 4.57. The number of ketones is 1. The van der Waals surface area contributed by atoms with Gasteiger partial charge in [-0.3, -0.25) is 4.79 Å². The predicted octanol–water partition coefficient (Wildman–Crippen LogP) is 3.23. The van der Waals surface area contributed by atoms with Crippen LogP contribution in [0.4, 0.5) is 16.2 Å². The van der Waals surface area contributed by atoms with E-state index in [1.54, 1.807) is 36.4 Å². The molecule has 3 N–H and O–H groups in total. The summed E-state index contributed by atoms with van der Waals surface area (Å²) >= 11 is 0. The van der Waals surface area contributed by atoms with Crippen molar-refractivity contribution in [2.45, 2.75) is 6.92 Å². The fourth-order valence-corrected chi connectivity index (χ4v) is 1.88. The second-order valence-electron chi connectivity index (χ2n) is 4.57. The highest BCUT2D eigenvalue weighted by Gasteiger charge is 2.11. The van der Waals surface area contributed by atoms with E-state index in [1.807, 2.05) is 0 Å². The minimum Gasteiger partial charge on any atom is -0.478 e. The number of carbonyl (C=O) groups excluding carboxylic acids is 2. The molecule has 112 valence electrons. The lowest BCUT2D eigenvalue weighted by atomic mass is 10.1. The number of carboxylic acid groups (broad SMARTS) is 1. The van der Waals surface area contributed by atoms with Gasteiger partial charge in [0.15, 0.2) is 5.78 Å². The molecule has 22 heavy (non-hydrogen) atoms. The van der Waals surface area contributed by atoms with Crippen LogP contribution < -0.4 is 10.6 Å². The van der Waals surface area contributed by atoms with Gasteiger partial charge in [-0.25, -0.2) is 9.59 Å². The summed E-state index contributed by atoms with van der Waals surface area (Å²) in [4.78, 5) is 34.3. The van der Waals surface area contributed by atoms with Crippen LogP contribution in [0.5, 0.6) is 0 Å². The van der Waals surface area contributed by atoms with Crippen LogP contribution in [0, 0.1) is 0 Å². The van der Waals surface area contributed by atoms with Crippen molar-refractivity contribution < 1.29 is 19.5 Å². The molecule has 0 saturated carbocycles. The first kappa shape index (κ1) is 15.2. The van der Waals surface area contributed by atoms with Crippen molar-refractivity contribution >= 4 is 29.2 Å². The standard InChI is InChI=1S/C16H14N2O4/c1-10(19)11-5-4-6-12(9-11)17-16(22)18-14-8-3-2-7-13(14)15(20)21/h2-9H,1H3,(H,20,21)(H2,17,18,22). The highest BCUT2D eigenvalue weighted by Crippen LogP contribution is 2.16. The lowest BCUT2D eigenvalue weighted by Gasteiger charge is -2.10. The fourth-order valence-electron chi connectivity index (χ4n) is 1.88. The number of urea groups is 1. The Bertz CT molecular complexity index is 740. The second kappa shape index (κ2) is 6.53. The molecule has 0 aliphatic rings. The average molecular weight is 298 g/mol. The molecular weight excluding hydrogens is 284 g/mol. The van der Waals surface area contributed by atoms with E-state index in [2.05, 4.69) is 10.6 Å². The lowest BCUT2D eigenvalue weighted by Crippen LogP contribution is -2.21. The van der Waals surface area contributed by atoms with Crippen molar-refractivity contribution in [3.63, 3.8) is 0 Å². The third kappa shape index (κ3) is 3.69. The molecule has 0 aromatic heterocycles. The summed E-state index contributed by atoms with van der Waals surface area (Å²) in [5.74, 6) is -1.24. The van der Waals surface area contributed by atoms with Crippen LogP contribution in [0.2, 0.25) is 0 Å². The van der Waals surface area contributed by atoms with Gasteiger partial charge < -0.3 is 15.7 Å². The third-order valence-electron chi connectivity index (χ3n) is 2.93. The van der Waals surface area contributed by atoms with Crippen molar-refractivity contribution in [1.29, 1.82) is 0 Å².